The first-order valence-corrected chi connectivity index (χ1v) is 13.2. The average Bonchev–Trinajstić information content (AvgIpc) is 3.33. The molecule has 0 aromatic carbocycles. The van der Waals surface area contributed by atoms with E-state index in [4.69, 9.17) is 43.4 Å². The van der Waals surface area contributed by atoms with E-state index in [-0.39, 0.29) is 19.8 Å². The number of aliphatic imine (C=N–C) groups is 1. The highest BCUT2D eigenvalue weighted by Gasteiger charge is 2.53. The minimum absolute atomic E-state index is 0.0209. The Kier molecular flexibility index (Phi) is 14.2. The number of aliphatic hydroxyl groups excluding tert-OH is 5. The van der Waals surface area contributed by atoms with E-state index in [0.29, 0.717) is 45.4 Å². The van der Waals surface area contributed by atoms with E-state index in [2.05, 4.69) is 15.0 Å². The number of hydrogen-bond donors (Lipinski definition) is 5. The number of rotatable bonds is 18. The van der Waals surface area contributed by atoms with E-state index >= 15 is 0 Å². The number of ether oxygens (including phenoxy) is 8. The van der Waals surface area contributed by atoms with Crippen LogP contribution in [0.3, 0.4) is 0 Å². The molecule has 3 rings (SSSR count). The van der Waals surface area contributed by atoms with Gasteiger partial charge in [-0.2, -0.15) is 0 Å². The second-order valence-corrected chi connectivity index (χ2v) is 9.26. The highest BCUT2D eigenvalue weighted by Crippen LogP contribution is 2.33. The fourth-order valence-corrected chi connectivity index (χ4v) is 4.46. The first-order chi connectivity index (χ1) is 19.4. The van der Waals surface area contributed by atoms with E-state index < -0.39 is 74.6 Å². The van der Waals surface area contributed by atoms with Crippen molar-refractivity contribution in [2.24, 2.45) is 10.1 Å². The van der Waals surface area contributed by atoms with E-state index in [1.807, 2.05) is 0 Å². The second-order valence-electron chi connectivity index (χ2n) is 9.26. The van der Waals surface area contributed by atoms with Crippen LogP contribution in [-0.2, 0) is 37.9 Å². The maximum atomic E-state index is 10.9. The Bertz CT molecular complexity index is 820. The Labute approximate surface area is 231 Å². The molecule has 3 aliphatic heterocycles. The van der Waals surface area contributed by atoms with Gasteiger partial charge in [-0.15, -0.1) is 0 Å². The van der Waals surface area contributed by atoms with Gasteiger partial charge in [0, 0.05) is 31.6 Å². The van der Waals surface area contributed by atoms with Crippen LogP contribution < -0.4 is 0 Å². The van der Waals surface area contributed by atoms with Crippen molar-refractivity contribution in [2.45, 2.75) is 74.7 Å². The highest BCUT2D eigenvalue weighted by molar-refractivity contribution is 5.75. The van der Waals surface area contributed by atoms with Crippen molar-refractivity contribution in [1.82, 2.24) is 0 Å². The first-order valence-electron chi connectivity index (χ1n) is 13.2. The standard InChI is InChI=1S/C23H40N4O13/c1-13-26-16-18(31)20(15(12-29)39-22(16)37-13)40-23-19(32)21(17(30)14(11-28)38-23)36-10-9-34-5-2-4-33-7-8-35-6-3-25-27-24/h14-23,28-32H,2-12H2,1H3/t14-,15-,16-,17-,18-,19+,20-,21+,22+,23+/m1/s1. The fourth-order valence-electron chi connectivity index (χ4n) is 4.46. The van der Waals surface area contributed by atoms with Crippen LogP contribution in [-0.4, -0.2) is 159 Å². The molecule has 40 heavy (non-hydrogen) atoms. The van der Waals surface area contributed by atoms with Crippen molar-refractivity contribution in [3.8, 4) is 0 Å². The molecule has 0 saturated carbocycles. The molecule has 0 aliphatic carbocycles. The molecule has 5 N–H and O–H groups in total. The van der Waals surface area contributed by atoms with Crippen LogP contribution in [0.4, 0.5) is 0 Å². The summed E-state index contributed by atoms with van der Waals surface area (Å²) in [5.74, 6) is 0.317. The van der Waals surface area contributed by atoms with Gasteiger partial charge in [-0.3, -0.25) is 0 Å². The minimum atomic E-state index is -1.51. The zero-order valence-corrected chi connectivity index (χ0v) is 22.3. The third-order valence-corrected chi connectivity index (χ3v) is 6.44. The number of nitrogens with zero attached hydrogens (tertiary/aromatic N) is 4. The lowest BCUT2D eigenvalue weighted by Crippen LogP contribution is -2.64. The van der Waals surface area contributed by atoms with Crippen molar-refractivity contribution in [1.29, 1.82) is 0 Å². The molecule has 0 amide bonds. The molecule has 0 spiro atoms. The summed E-state index contributed by atoms with van der Waals surface area (Å²) in [5.41, 5.74) is 8.16. The third kappa shape index (κ3) is 9.15. The SMILES string of the molecule is CC1=N[C@H]2[C@@H](O1)O[C@H](CO)[C@@H](O[C@@H]1O[C@H](CO)[C@@H](O)[C@H](OCCOCCCOCCOCCN=[N+]=[N-])[C@@H]1O)[C@@H]2O. The average molecular weight is 581 g/mol. The van der Waals surface area contributed by atoms with Gasteiger partial charge in [-0.25, -0.2) is 4.99 Å². The fraction of sp³-hybridized carbons (Fsp3) is 0.957. The Morgan fingerprint density at radius 3 is 2.20 bits per heavy atom. The van der Waals surface area contributed by atoms with Crippen molar-refractivity contribution < 1.29 is 63.4 Å². The van der Waals surface area contributed by atoms with Gasteiger partial charge < -0.3 is 63.4 Å². The summed E-state index contributed by atoms with van der Waals surface area (Å²) in [4.78, 5) is 6.82. The lowest BCUT2D eigenvalue weighted by molar-refractivity contribution is -0.345. The van der Waals surface area contributed by atoms with Crippen molar-refractivity contribution in [2.75, 3.05) is 66.0 Å². The predicted molar refractivity (Wildman–Crippen MR) is 133 cm³/mol. The Morgan fingerprint density at radius 1 is 0.850 bits per heavy atom. The summed E-state index contributed by atoms with van der Waals surface area (Å²) >= 11 is 0. The quantitative estimate of drug-likeness (QED) is 0.0503. The molecule has 2 saturated heterocycles. The summed E-state index contributed by atoms with van der Waals surface area (Å²) in [6, 6.07) is -0.800. The molecular formula is C23H40N4O13. The molecule has 3 heterocycles. The number of fused-ring (bicyclic) bond motifs is 1. The zero-order chi connectivity index (χ0) is 28.9. The van der Waals surface area contributed by atoms with E-state index in [0.717, 1.165) is 0 Å². The molecule has 17 nitrogen and oxygen atoms in total. The summed E-state index contributed by atoms with van der Waals surface area (Å²) in [7, 11) is 0. The Hall–Kier alpha value is -1.70. The minimum Gasteiger partial charge on any atom is -0.450 e. The van der Waals surface area contributed by atoms with Crippen molar-refractivity contribution >= 4 is 5.90 Å². The smallest absolute Gasteiger partial charge is 0.227 e. The van der Waals surface area contributed by atoms with Crippen LogP contribution in [0.25, 0.3) is 10.4 Å². The van der Waals surface area contributed by atoms with Gasteiger partial charge in [0.1, 0.15) is 48.8 Å². The molecule has 17 heteroatoms. The Morgan fingerprint density at radius 2 is 1.52 bits per heavy atom. The lowest BCUT2D eigenvalue weighted by Gasteiger charge is -2.45. The molecule has 3 aliphatic rings. The molecule has 230 valence electrons. The summed E-state index contributed by atoms with van der Waals surface area (Å²) in [6.45, 7) is 2.94. The normalized spacial score (nSPS) is 35.5. The van der Waals surface area contributed by atoms with Crippen LogP contribution in [0.5, 0.6) is 0 Å². The number of hydrogen-bond acceptors (Lipinski definition) is 15. The zero-order valence-electron chi connectivity index (χ0n) is 22.3. The summed E-state index contributed by atoms with van der Waals surface area (Å²) in [6.07, 6.45) is -10.3. The highest BCUT2D eigenvalue weighted by atomic mass is 16.7. The largest absolute Gasteiger partial charge is 0.450 e. The molecule has 10 atom stereocenters. The lowest BCUT2D eigenvalue weighted by atomic mass is 9.96. The number of azide groups is 1. The van der Waals surface area contributed by atoms with Crippen LogP contribution in [0, 0.1) is 0 Å². The van der Waals surface area contributed by atoms with Crippen LogP contribution in [0.2, 0.25) is 0 Å². The summed E-state index contributed by atoms with van der Waals surface area (Å²) in [5, 5.41) is 55.1. The van der Waals surface area contributed by atoms with Gasteiger partial charge in [0.05, 0.1) is 46.2 Å². The number of aliphatic hydroxyl groups is 5. The molecule has 0 aromatic rings. The molecular weight excluding hydrogens is 540 g/mol. The van der Waals surface area contributed by atoms with Gasteiger partial charge in [0.2, 0.25) is 6.29 Å². The predicted octanol–water partition coefficient (Wildman–Crippen LogP) is -2.16. The van der Waals surface area contributed by atoms with Crippen LogP contribution >= 0.6 is 0 Å². The first kappa shape index (κ1) is 32.8. The van der Waals surface area contributed by atoms with Crippen LogP contribution in [0.1, 0.15) is 13.3 Å². The molecule has 0 radical (unpaired) electrons. The van der Waals surface area contributed by atoms with Gasteiger partial charge in [0.25, 0.3) is 0 Å². The van der Waals surface area contributed by atoms with Crippen molar-refractivity contribution in [3.05, 3.63) is 10.4 Å². The molecule has 0 unspecified atom stereocenters. The molecule has 2 fully saturated rings. The van der Waals surface area contributed by atoms with Gasteiger partial charge in [-0.05, 0) is 12.0 Å². The topological polar surface area (TPSA) is 236 Å². The van der Waals surface area contributed by atoms with E-state index in [9.17, 15) is 25.5 Å². The summed E-state index contributed by atoms with van der Waals surface area (Å²) < 4.78 is 44.2. The second kappa shape index (κ2) is 17.3. The molecule has 0 bridgehead atoms. The van der Waals surface area contributed by atoms with Gasteiger partial charge in [-0.1, -0.05) is 5.11 Å². The maximum Gasteiger partial charge on any atom is 0.227 e. The van der Waals surface area contributed by atoms with Gasteiger partial charge in [0.15, 0.2) is 12.2 Å². The monoisotopic (exact) mass is 580 g/mol. The van der Waals surface area contributed by atoms with E-state index in [1.165, 1.54) is 0 Å². The third-order valence-electron chi connectivity index (χ3n) is 6.44. The van der Waals surface area contributed by atoms with E-state index in [1.54, 1.807) is 6.92 Å². The molecule has 0 aromatic heterocycles. The van der Waals surface area contributed by atoms with Crippen molar-refractivity contribution in [3.63, 3.8) is 0 Å². The maximum absolute atomic E-state index is 10.9. The Balaban J connectivity index is 1.39. The van der Waals surface area contributed by atoms with Crippen LogP contribution in [0.15, 0.2) is 10.1 Å². The van der Waals surface area contributed by atoms with Gasteiger partial charge >= 0.3 is 0 Å².